The van der Waals surface area contributed by atoms with E-state index < -0.39 is 12.2 Å². The highest BCUT2D eigenvalue weighted by Crippen LogP contribution is 2.39. The fourth-order valence-corrected chi connectivity index (χ4v) is 5.04. The molecule has 3 unspecified atom stereocenters. The summed E-state index contributed by atoms with van der Waals surface area (Å²) in [6.45, 7) is -0.0126. The van der Waals surface area contributed by atoms with Crippen LogP contribution in [0, 0.1) is 0 Å². The van der Waals surface area contributed by atoms with Crippen LogP contribution >= 0.6 is 11.8 Å². The van der Waals surface area contributed by atoms with Crippen LogP contribution in [0.4, 0.5) is 5.69 Å². The first-order valence-corrected chi connectivity index (χ1v) is 13.4. The molecule has 1 saturated heterocycles. The molecular formula is C27H32N4O6S. The van der Waals surface area contributed by atoms with Gasteiger partial charge in [-0.3, -0.25) is 14.8 Å². The maximum atomic E-state index is 12.2. The SMILES string of the molecule is Cn1ccnc1SCC1CC(c2ccc(CO)cc2)OC(c2ccc(NC(=O)CCCC(=O)NO)cc2)O1. The van der Waals surface area contributed by atoms with Gasteiger partial charge in [0.25, 0.3) is 0 Å². The van der Waals surface area contributed by atoms with Crippen LogP contribution < -0.4 is 10.8 Å². The second-order valence-electron chi connectivity index (χ2n) is 9.04. The van der Waals surface area contributed by atoms with Crippen molar-refractivity contribution in [2.45, 2.75) is 55.9 Å². The van der Waals surface area contributed by atoms with Crippen molar-refractivity contribution in [3.8, 4) is 0 Å². The molecule has 2 amide bonds. The third-order valence-corrected chi connectivity index (χ3v) is 7.38. The van der Waals surface area contributed by atoms with Crippen molar-refractivity contribution < 1.29 is 29.4 Å². The molecular weight excluding hydrogens is 508 g/mol. The molecule has 202 valence electrons. The van der Waals surface area contributed by atoms with Gasteiger partial charge in [0, 0.05) is 55.7 Å². The fourth-order valence-electron chi connectivity index (χ4n) is 4.09. The van der Waals surface area contributed by atoms with Crippen molar-refractivity contribution in [1.82, 2.24) is 15.0 Å². The number of carbonyl (C=O) groups is 2. The van der Waals surface area contributed by atoms with Crippen molar-refractivity contribution in [2.75, 3.05) is 11.1 Å². The number of hydrogen-bond acceptors (Lipinski definition) is 8. The van der Waals surface area contributed by atoms with E-state index >= 15 is 0 Å². The molecule has 0 radical (unpaired) electrons. The minimum absolute atomic E-state index is 0.0126. The van der Waals surface area contributed by atoms with Gasteiger partial charge in [0.1, 0.15) is 0 Å². The number of aliphatic hydroxyl groups is 1. The summed E-state index contributed by atoms with van der Waals surface area (Å²) in [6.07, 6.45) is 4.05. The number of hydroxylamine groups is 1. The van der Waals surface area contributed by atoms with Gasteiger partial charge in [-0.1, -0.05) is 48.2 Å². The predicted octanol–water partition coefficient (Wildman–Crippen LogP) is 3.86. The summed E-state index contributed by atoms with van der Waals surface area (Å²) in [4.78, 5) is 27.6. The standard InChI is InChI=1S/C27H32N4O6S/c1-31-14-13-28-27(31)38-17-22-15-23(19-7-5-18(16-32)6-8-19)37-26(36-22)20-9-11-21(12-10-20)29-24(33)3-2-4-25(34)30-35/h5-14,22-23,26,32,35H,2-4,15-17H2,1H3,(H,29,33)(H,30,34). The smallest absolute Gasteiger partial charge is 0.243 e. The number of anilines is 1. The largest absolute Gasteiger partial charge is 0.392 e. The monoisotopic (exact) mass is 540 g/mol. The second kappa shape index (κ2) is 13.5. The van der Waals surface area contributed by atoms with Gasteiger partial charge in [-0.05, 0) is 29.7 Å². The zero-order chi connectivity index (χ0) is 26.9. The van der Waals surface area contributed by atoms with Gasteiger partial charge in [0.05, 0.1) is 18.8 Å². The number of nitrogens with one attached hydrogen (secondary N) is 2. The summed E-state index contributed by atoms with van der Waals surface area (Å²) >= 11 is 1.63. The number of amides is 2. The topological polar surface area (TPSA) is 135 Å². The van der Waals surface area contributed by atoms with Crippen molar-refractivity contribution in [3.63, 3.8) is 0 Å². The van der Waals surface area contributed by atoms with Crippen LogP contribution in [-0.2, 0) is 32.7 Å². The van der Waals surface area contributed by atoms with E-state index in [9.17, 15) is 14.7 Å². The molecule has 10 nitrogen and oxygen atoms in total. The van der Waals surface area contributed by atoms with E-state index in [1.54, 1.807) is 35.6 Å². The number of aryl methyl sites for hydroxylation is 1. The molecule has 1 fully saturated rings. The Morgan fingerprint density at radius 3 is 2.42 bits per heavy atom. The molecule has 0 spiro atoms. The Balaban J connectivity index is 1.42. The minimum atomic E-state index is -0.597. The molecule has 0 saturated carbocycles. The second-order valence-corrected chi connectivity index (χ2v) is 10.0. The Morgan fingerprint density at radius 2 is 1.76 bits per heavy atom. The lowest BCUT2D eigenvalue weighted by molar-refractivity contribution is -0.245. The predicted molar refractivity (Wildman–Crippen MR) is 141 cm³/mol. The van der Waals surface area contributed by atoms with Crippen LogP contribution in [0.5, 0.6) is 0 Å². The summed E-state index contributed by atoms with van der Waals surface area (Å²) in [5.74, 6) is -0.0291. The van der Waals surface area contributed by atoms with Gasteiger partial charge in [-0.2, -0.15) is 0 Å². The Hall–Kier alpha value is -3.22. The number of aromatic nitrogens is 2. The number of ether oxygens (including phenoxy) is 2. The first kappa shape index (κ1) is 27.8. The summed E-state index contributed by atoms with van der Waals surface area (Å²) in [5, 5.41) is 21.7. The lowest BCUT2D eigenvalue weighted by atomic mass is 10.0. The molecule has 3 aromatic rings. The molecule has 4 N–H and O–H groups in total. The van der Waals surface area contributed by atoms with E-state index in [0.29, 0.717) is 24.3 Å². The normalized spacial score (nSPS) is 19.2. The lowest BCUT2D eigenvalue weighted by Gasteiger charge is -2.36. The average molecular weight is 541 g/mol. The molecule has 1 aliphatic rings. The molecule has 2 aromatic carbocycles. The maximum absolute atomic E-state index is 12.2. The van der Waals surface area contributed by atoms with Crippen LogP contribution in [0.3, 0.4) is 0 Å². The van der Waals surface area contributed by atoms with E-state index in [1.807, 2.05) is 54.2 Å². The van der Waals surface area contributed by atoms with Crippen LogP contribution in [0.1, 0.15) is 54.8 Å². The molecule has 1 aliphatic heterocycles. The van der Waals surface area contributed by atoms with E-state index in [2.05, 4.69) is 10.3 Å². The molecule has 11 heteroatoms. The number of hydrogen-bond donors (Lipinski definition) is 4. The summed E-state index contributed by atoms with van der Waals surface area (Å²) in [5.41, 5.74) is 4.86. The maximum Gasteiger partial charge on any atom is 0.243 e. The van der Waals surface area contributed by atoms with Gasteiger partial charge in [0.2, 0.25) is 11.8 Å². The Labute approximate surface area is 225 Å². The van der Waals surface area contributed by atoms with E-state index in [0.717, 1.165) is 21.8 Å². The zero-order valence-corrected chi connectivity index (χ0v) is 21.9. The summed E-state index contributed by atoms with van der Waals surface area (Å²) in [6, 6.07) is 15.0. The van der Waals surface area contributed by atoms with Crippen molar-refractivity contribution >= 4 is 29.3 Å². The molecule has 0 aliphatic carbocycles. The molecule has 2 heterocycles. The molecule has 1 aromatic heterocycles. The van der Waals surface area contributed by atoms with Gasteiger partial charge in [-0.25, -0.2) is 10.5 Å². The highest BCUT2D eigenvalue weighted by atomic mass is 32.2. The molecule has 38 heavy (non-hydrogen) atoms. The zero-order valence-electron chi connectivity index (χ0n) is 21.1. The lowest BCUT2D eigenvalue weighted by Crippen LogP contribution is -2.31. The quantitative estimate of drug-likeness (QED) is 0.164. The fraction of sp³-hybridized carbons (Fsp3) is 0.370. The summed E-state index contributed by atoms with van der Waals surface area (Å²) < 4.78 is 14.7. The third kappa shape index (κ3) is 7.65. The number of aliphatic hydroxyl groups excluding tert-OH is 1. The summed E-state index contributed by atoms with van der Waals surface area (Å²) in [7, 11) is 1.96. The van der Waals surface area contributed by atoms with E-state index in [1.165, 1.54) is 0 Å². The van der Waals surface area contributed by atoms with Gasteiger partial charge < -0.3 is 24.5 Å². The number of nitrogens with zero attached hydrogens (tertiary/aromatic N) is 2. The van der Waals surface area contributed by atoms with Crippen LogP contribution in [0.25, 0.3) is 0 Å². The van der Waals surface area contributed by atoms with E-state index in [4.69, 9.17) is 14.7 Å². The molecule has 3 atom stereocenters. The number of carbonyl (C=O) groups excluding carboxylic acids is 2. The first-order valence-electron chi connectivity index (χ1n) is 12.4. The minimum Gasteiger partial charge on any atom is -0.392 e. The highest BCUT2D eigenvalue weighted by Gasteiger charge is 2.32. The average Bonchev–Trinajstić information content (AvgIpc) is 3.36. The molecule has 4 rings (SSSR count). The van der Waals surface area contributed by atoms with Crippen LogP contribution in [0.2, 0.25) is 0 Å². The number of benzene rings is 2. The van der Waals surface area contributed by atoms with Crippen LogP contribution in [0.15, 0.2) is 66.1 Å². The molecule has 0 bridgehead atoms. The van der Waals surface area contributed by atoms with Gasteiger partial charge >= 0.3 is 0 Å². The Bertz CT molecular complexity index is 1200. The number of imidazole rings is 1. The van der Waals surface area contributed by atoms with Crippen molar-refractivity contribution in [1.29, 1.82) is 0 Å². The Morgan fingerprint density at radius 1 is 1.05 bits per heavy atom. The van der Waals surface area contributed by atoms with Crippen LogP contribution in [-0.4, -0.2) is 43.5 Å². The van der Waals surface area contributed by atoms with Crippen molar-refractivity contribution in [3.05, 3.63) is 77.6 Å². The van der Waals surface area contributed by atoms with Gasteiger partial charge in [-0.15, -0.1) is 0 Å². The number of rotatable bonds is 11. The Kier molecular flexibility index (Phi) is 9.91. The first-order chi connectivity index (χ1) is 18.4. The van der Waals surface area contributed by atoms with Crippen molar-refractivity contribution in [2.24, 2.45) is 7.05 Å². The van der Waals surface area contributed by atoms with E-state index in [-0.39, 0.29) is 37.6 Å². The highest BCUT2D eigenvalue weighted by molar-refractivity contribution is 7.99. The van der Waals surface area contributed by atoms with Gasteiger partial charge in [0.15, 0.2) is 11.4 Å². The third-order valence-electron chi connectivity index (χ3n) is 6.19. The number of thioether (sulfide) groups is 1.